The van der Waals surface area contributed by atoms with E-state index in [1.165, 1.54) is 12.1 Å². The molecule has 2 aromatic rings. The summed E-state index contributed by atoms with van der Waals surface area (Å²) in [7, 11) is 0. The van der Waals surface area contributed by atoms with Crippen molar-refractivity contribution in [2.24, 2.45) is 5.73 Å². The van der Waals surface area contributed by atoms with E-state index < -0.39 is 0 Å². The van der Waals surface area contributed by atoms with Crippen molar-refractivity contribution in [3.8, 4) is 0 Å². The predicted octanol–water partition coefficient (Wildman–Crippen LogP) is 3.65. The lowest BCUT2D eigenvalue weighted by atomic mass is 9.95. The van der Waals surface area contributed by atoms with Gasteiger partial charge in [0.15, 0.2) is 0 Å². The van der Waals surface area contributed by atoms with Gasteiger partial charge < -0.3 is 10.2 Å². The third-order valence-electron chi connectivity index (χ3n) is 3.21. The first kappa shape index (κ1) is 12.8. The Kier molecular flexibility index (Phi) is 3.53. The summed E-state index contributed by atoms with van der Waals surface area (Å²) >= 11 is 0. The highest BCUT2D eigenvalue weighted by atomic mass is 19.1. The summed E-state index contributed by atoms with van der Waals surface area (Å²) < 4.78 is 18.9. The van der Waals surface area contributed by atoms with E-state index in [1.807, 2.05) is 32.9 Å². The zero-order valence-corrected chi connectivity index (χ0v) is 11.0. The van der Waals surface area contributed by atoms with E-state index in [-0.39, 0.29) is 11.9 Å². The molecule has 0 saturated carbocycles. The molecule has 2 N–H and O–H groups in total. The maximum Gasteiger partial charge on any atom is 0.125 e. The van der Waals surface area contributed by atoms with Gasteiger partial charge in [0.05, 0.1) is 6.04 Å². The lowest BCUT2D eigenvalue weighted by molar-refractivity contribution is 0.452. The van der Waals surface area contributed by atoms with Gasteiger partial charge in [0, 0.05) is 6.42 Å². The molecule has 3 heteroatoms. The average Bonchev–Trinajstić information content (AvgIpc) is 2.75. The highest BCUT2D eigenvalue weighted by molar-refractivity contribution is 5.40. The normalized spacial score (nSPS) is 12.7. The number of hydrogen-bond acceptors (Lipinski definition) is 2. The van der Waals surface area contributed by atoms with E-state index >= 15 is 0 Å². The van der Waals surface area contributed by atoms with Gasteiger partial charge in [-0.1, -0.05) is 6.92 Å². The molecular weight excluding hydrogens is 229 g/mol. The van der Waals surface area contributed by atoms with Crippen LogP contribution in [0, 0.1) is 19.7 Å². The molecule has 0 amide bonds. The topological polar surface area (TPSA) is 39.2 Å². The van der Waals surface area contributed by atoms with Crippen molar-refractivity contribution < 1.29 is 8.81 Å². The van der Waals surface area contributed by atoms with Crippen LogP contribution in [-0.2, 0) is 6.42 Å². The molecule has 96 valence electrons. The fourth-order valence-corrected chi connectivity index (χ4v) is 2.31. The Hall–Kier alpha value is -1.61. The highest BCUT2D eigenvalue weighted by Crippen LogP contribution is 2.28. The lowest BCUT2D eigenvalue weighted by Crippen LogP contribution is -2.14. The maximum atomic E-state index is 13.3. The van der Waals surface area contributed by atoms with Crippen molar-refractivity contribution in [3.05, 3.63) is 58.3 Å². The van der Waals surface area contributed by atoms with Crippen LogP contribution in [-0.4, -0.2) is 0 Å². The smallest absolute Gasteiger partial charge is 0.125 e. The van der Waals surface area contributed by atoms with Crippen LogP contribution in [0.3, 0.4) is 0 Å². The van der Waals surface area contributed by atoms with Crippen molar-refractivity contribution in [3.63, 3.8) is 0 Å². The quantitative estimate of drug-likeness (QED) is 0.899. The van der Waals surface area contributed by atoms with Gasteiger partial charge >= 0.3 is 0 Å². The Morgan fingerprint density at radius 1 is 1.22 bits per heavy atom. The molecule has 18 heavy (non-hydrogen) atoms. The molecule has 0 aliphatic carbocycles. The second-order valence-corrected chi connectivity index (χ2v) is 4.59. The van der Waals surface area contributed by atoms with Crippen molar-refractivity contribution in [2.75, 3.05) is 0 Å². The van der Waals surface area contributed by atoms with Gasteiger partial charge in [0.1, 0.15) is 17.3 Å². The van der Waals surface area contributed by atoms with Crippen LogP contribution in [0.15, 0.2) is 28.7 Å². The van der Waals surface area contributed by atoms with Gasteiger partial charge in [-0.2, -0.15) is 0 Å². The van der Waals surface area contributed by atoms with Crippen LogP contribution >= 0.6 is 0 Å². The Balaban J connectivity index is 2.42. The summed E-state index contributed by atoms with van der Waals surface area (Å²) in [4.78, 5) is 0. The fraction of sp³-hybridized carbons (Fsp3) is 0.333. The largest absolute Gasteiger partial charge is 0.464 e. The molecule has 0 bridgehead atoms. The average molecular weight is 247 g/mol. The fourth-order valence-electron chi connectivity index (χ4n) is 2.31. The SMILES string of the molecule is CCc1ccc(C(N)c2c(C)cc(F)cc2C)o1. The highest BCUT2D eigenvalue weighted by Gasteiger charge is 2.18. The van der Waals surface area contributed by atoms with Crippen LogP contribution in [0.1, 0.15) is 41.2 Å². The second kappa shape index (κ2) is 4.94. The van der Waals surface area contributed by atoms with Crippen LogP contribution in [0.25, 0.3) is 0 Å². The van der Waals surface area contributed by atoms with Crippen molar-refractivity contribution >= 4 is 0 Å². The number of benzene rings is 1. The van der Waals surface area contributed by atoms with Gasteiger partial charge in [0.25, 0.3) is 0 Å². The Morgan fingerprint density at radius 2 is 1.83 bits per heavy atom. The summed E-state index contributed by atoms with van der Waals surface area (Å²) in [5.41, 5.74) is 8.87. The maximum absolute atomic E-state index is 13.3. The number of nitrogens with two attached hydrogens (primary N) is 1. The lowest BCUT2D eigenvalue weighted by Gasteiger charge is -2.16. The van der Waals surface area contributed by atoms with Gasteiger partial charge in [0.2, 0.25) is 0 Å². The summed E-state index contributed by atoms with van der Waals surface area (Å²) in [5, 5.41) is 0. The minimum Gasteiger partial charge on any atom is -0.464 e. The molecule has 1 unspecified atom stereocenters. The predicted molar refractivity (Wildman–Crippen MR) is 70.0 cm³/mol. The monoisotopic (exact) mass is 247 g/mol. The first-order valence-electron chi connectivity index (χ1n) is 6.13. The van der Waals surface area contributed by atoms with Crippen LogP contribution in [0.4, 0.5) is 4.39 Å². The molecule has 1 aromatic carbocycles. The molecule has 0 fully saturated rings. The number of aryl methyl sites for hydroxylation is 3. The van der Waals surface area contributed by atoms with Crippen molar-refractivity contribution in [1.29, 1.82) is 0 Å². The molecule has 2 nitrogen and oxygen atoms in total. The number of rotatable bonds is 3. The summed E-state index contributed by atoms with van der Waals surface area (Å²) in [6.45, 7) is 5.77. The minimum absolute atomic E-state index is 0.227. The van der Waals surface area contributed by atoms with E-state index in [9.17, 15) is 4.39 Å². The molecule has 0 aliphatic heterocycles. The standard InChI is InChI=1S/C15H18FNO/c1-4-12-5-6-13(18-12)15(17)14-9(2)7-11(16)8-10(14)3/h5-8,15H,4,17H2,1-3H3. The van der Waals surface area contributed by atoms with E-state index in [2.05, 4.69) is 0 Å². The van der Waals surface area contributed by atoms with Crippen molar-refractivity contribution in [2.45, 2.75) is 33.2 Å². The third-order valence-corrected chi connectivity index (χ3v) is 3.21. The van der Waals surface area contributed by atoms with E-state index in [4.69, 9.17) is 10.2 Å². The second-order valence-electron chi connectivity index (χ2n) is 4.59. The van der Waals surface area contributed by atoms with Crippen molar-refractivity contribution in [1.82, 2.24) is 0 Å². The summed E-state index contributed by atoms with van der Waals surface area (Å²) in [6, 6.07) is 6.50. The van der Waals surface area contributed by atoms with E-state index in [1.54, 1.807) is 0 Å². The molecule has 1 aromatic heterocycles. The zero-order valence-electron chi connectivity index (χ0n) is 11.0. The van der Waals surface area contributed by atoms with Gasteiger partial charge in [-0.25, -0.2) is 4.39 Å². The van der Waals surface area contributed by atoms with Gasteiger partial charge in [-0.15, -0.1) is 0 Å². The first-order valence-corrected chi connectivity index (χ1v) is 6.13. The number of hydrogen-bond donors (Lipinski definition) is 1. The van der Waals surface area contributed by atoms with Crippen LogP contribution in [0.2, 0.25) is 0 Å². The van der Waals surface area contributed by atoms with Gasteiger partial charge in [-0.05, 0) is 54.8 Å². The Morgan fingerprint density at radius 3 is 2.33 bits per heavy atom. The summed E-state index contributed by atoms with van der Waals surface area (Å²) in [5.74, 6) is 1.41. The van der Waals surface area contributed by atoms with E-state index in [0.29, 0.717) is 0 Å². The van der Waals surface area contributed by atoms with Crippen LogP contribution < -0.4 is 5.73 Å². The Labute approximate surface area is 107 Å². The number of furan rings is 1. The molecule has 1 heterocycles. The van der Waals surface area contributed by atoms with E-state index in [0.717, 1.165) is 34.6 Å². The molecular formula is C15H18FNO. The minimum atomic E-state index is -0.342. The molecule has 1 atom stereocenters. The molecule has 0 radical (unpaired) electrons. The third kappa shape index (κ3) is 2.31. The first-order chi connectivity index (χ1) is 8.52. The van der Waals surface area contributed by atoms with Gasteiger partial charge in [-0.3, -0.25) is 0 Å². The van der Waals surface area contributed by atoms with Crippen LogP contribution in [0.5, 0.6) is 0 Å². The Bertz CT molecular complexity index is 536. The molecule has 0 aliphatic rings. The summed E-state index contributed by atoms with van der Waals surface area (Å²) in [6.07, 6.45) is 0.841. The number of halogens is 1. The molecule has 0 spiro atoms. The zero-order chi connectivity index (χ0) is 13.3. The molecule has 0 saturated heterocycles. The molecule has 2 rings (SSSR count).